The van der Waals surface area contributed by atoms with Gasteiger partial charge >= 0.3 is 0 Å². The van der Waals surface area contributed by atoms with Crippen molar-refractivity contribution in [2.45, 2.75) is 5.03 Å². The molecule has 1 aromatic carbocycles. The summed E-state index contributed by atoms with van der Waals surface area (Å²) in [6.45, 7) is 3.75. The fourth-order valence-corrected chi connectivity index (χ4v) is 1.76. The van der Waals surface area contributed by atoms with Crippen LogP contribution in [0.5, 0.6) is 0 Å². The summed E-state index contributed by atoms with van der Waals surface area (Å²) < 4.78 is 0. The predicted octanol–water partition coefficient (Wildman–Crippen LogP) is 3.60. The summed E-state index contributed by atoms with van der Waals surface area (Å²) in [6, 6.07) is 10.3. The number of nitrogens with zero attached hydrogens (tertiary/aromatic N) is 1. The van der Waals surface area contributed by atoms with Gasteiger partial charge in [0.25, 0.3) is 0 Å². The zero-order valence-electron chi connectivity index (χ0n) is 8.03. The van der Waals surface area contributed by atoms with Crippen molar-refractivity contribution in [3.05, 3.63) is 42.5 Å². The number of hydrogen-bond acceptors (Lipinski definition) is 2. The van der Waals surface area contributed by atoms with Crippen molar-refractivity contribution in [2.75, 3.05) is 6.26 Å². The molecule has 0 radical (unpaired) electrons. The van der Waals surface area contributed by atoms with Crippen LogP contribution < -0.4 is 0 Å². The van der Waals surface area contributed by atoms with Gasteiger partial charge in [0.05, 0.1) is 10.5 Å². The maximum Gasteiger partial charge on any atom is 0.0964 e. The van der Waals surface area contributed by atoms with Crippen LogP contribution in [-0.2, 0) is 0 Å². The molecule has 0 aliphatic heterocycles. The molecule has 2 aromatic rings. The average molecular weight is 201 g/mol. The number of fused-ring (bicyclic) bond motifs is 1. The van der Waals surface area contributed by atoms with Crippen molar-refractivity contribution < 1.29 is 0 Å². The Hall–Kier alpha value is -1.28. The van der Waals surface area contributed by atoms with Crippen LogP contribution in [0, 0.1) is 0 Å². The van der Waals surface area contributed by atoms with E-state index in [1.165, 1.54) is 5.39 Å². The van der Waals surface area contributed by atoms with Crippen molar-refractivity contribution in [2.24, 2.45) is 0 Å². The Labute approximate surface area is 87.9 Å². The maximum atomic E-state index is 4.50. The maximum absolute atomic E-state index is 4.50. The highest BCUT2D eigenvalue weighted by Gasteiger charge is 1.97. The third-order valence-corrected chi connectivity index (χ3v) is 2.78. The molecule has 0 bridgehead atoms. The summed E-state index contributed by atoms with van der Waals surface area (Å²) >= 11 is 1.66. The van der Waals surface area contributed by atoms with Crippen LogP contribution in [0.3, 0.4) is 0 Å². The van der Waals surface area contributed by atoms with Gasteiger partial charge in [0.15, 0.2) is 0 Å². The molecule has 0 fully saturated rings. The molecule has 2 rings (SSSR count). The number of rotatable bonds is 2. The third kappa shape index (κ3) is 1.66. The Morgan fingerprint density at radius 1 is 1.29 bits per heavy atom. The Balaban J connectivity index is 2.63. The van der Waals surface area contributed by atoms with E-state index in [0.29, 0.717) is 0 Å². The molecular formula is C12H11NS. The number of hydrogen-bond donors (Lipinski definition) is 0. The fourth-order valence-electron chi connectivity index (χ4n) is 1.37. The van der Waals surface area contributed by atoms with E-state index in [1.807, 2.05) is 30.5 Å². The highest BCUT2D eigenvalue weighted by atomic mass is 32.2. The zero-order chi connectivity index (χ0) is 9.97. The first kappa shape index (κ1) is 9.28. The first-order valence-corrected chi connectivity index (χ1v) is 5.63. The largest absolute Gasteiger partial charge is 0.242 e. The van der Waals surface area contributed by atoms with Crippen LogP contribution >= 0.6 is 11.8 Å². The first-order valence-electron chi connectivity index (χ1n) is 4.41. The van der Waals surface area contributed by atoms with Crippen LogP contribution in [0.2, 0.25) is 0 Å². The minimum atomic E-state index is 1.04. The Bertz CT molecular complexity index is 477. The molecule has 0 spiro atoms. The quantitative estimate of drug-likeness (QED) is 0.688. The van der Waals surface area contributed by atoms with Gasteiger partial charge in [-0.1, -0.05) is 24.8 Å². The second kappa shape index (κ2) is 3.84. The van der Waals surface area contributed by atoms with E-state index in [0.717, 1.165) is 16.1 Å². The van der Waals surface area contributed by atoms with E-state index in [2.05, 4.69) is 23.7 Å². The molecule has 0 amide bonds. The number of thioether (sulfide) groups is 1. The molecule has 1 aromatic heterocycles. The van der Waals surface area contributed by atoms with Crippen LogP contribution in [0.15, 0.2) is 41.9 Å². The van der Waals surface area contributed by atoms with Crippen molar-refractivity contribution >= 4 is 28.7 Å². The molecule has 1 nitrogen and oxygen atoms in total. The molecule has 0 N–H and O–H groups in total. The molecular weight excluding hydrogens is 190 g/mol. The van der Waals surface area contributed by atoms with Crippen molar-refractivity contribution in [3.63, 3.8) is 0 Å². The summed E-state index contributed by atoms with van der Waals surface area (Å²) in [4.78, 5) is 4.50. The van der Waals surface area contributed by atoms with Crippen LogP contribution in [0.25, 0.3) is 17.0 Å². The first-order chi connectivity index (χ1) is 6.83. The lowest BCUT2D eigenvalue weighted by Crippen LogP contribution is -1.82. The van der Waals surface area contributed by atoms with Gasteiger partial charge in [0, 0.05) is 5.39 Å². The van der Waals surface area contributed by atoms with Crippen molar-refractivity contribution in [3.8, 4) is 0 Å². The van der Waals surface area contributed by atoms with Crippen molar-refractivity contribution in [1.82, 2.24) is 4.98 Å². The van der Waals surface area contributed by atoms with Crippen LogP contribution in [0.1, 0.15) is 5.56 Å². The number of aromatic nitrogens is 1. The Morgan fingerprint density at radius 3 is 2.86 bits per heavy atom. The second-order valence-corrected chi connectivity index (χ2v) is 3.84. The predicted molar refractivity (Wildman–Crippen MR) is 63.6 cm³/mol. The summed E-state index contributed by atoms with van der Waals surface area (Å²) in [5.74, 6) is 0. The van der Waals surface area contributed by atoms with Gasteiger partial charge < -0.3 is 0 Å². The molecule has 0 atom stereocenters. The molecule has 0 saturated carbocycles. The van der Waals surface area contributed by atoms with E-state index >= 15 is 0 Å². The highest BCUT2D eigenvalue weighted by molar-refractivity contribution is 7.98. The minimum Gasteiger partial charge on any atom is -0.242 e. The van der Waals surface area contributed by atoms with Gasteiger partial charge in [-0.2, -0.15) is 0 Å². The van der Waals surface area contributed by atoms with E-state index in [4.69, 9.17) is 0 Å². The summed E-state index contributed by atoms with van der Waals surface area (Å²) in [5, 5.41) is 2.23. The van der Waals surface area contributed by atoms with Gasteiger partial charge in [-0.25, -0.2) is 4.98 Å². The lowest BCUT2D eigenvalue weighted by atomic mass is 10.1. The Kier molecular flexibility index (Phi) is 2.55. The van der Waals surface area contributed by atoms with E-state index in [-0.39, 0.29) is 0 Å². The van der Waals surface area contributed by atoms with Gasteiger partial charge in [-0.05, 0) is 30.0 Å². The lowest BCUT2D eigenvalue weighted by molar-refractivity contribution is 1.19. The van der Waals surface area contributed by atoms with Gasteiger partial charge in [0.1, 0.15) is 0 Å². The van der Waals surface area contributed by atoms with Crippen molar-refractivity contribution in [1.29, 1.82) is 0 Å². The molecule has 0 aliphatic carbocycles. The average Bonchev–Trinajstić information content (AvgIpc) is 2.27. The fraction of sp³-hybridized carbons (Fsp3) is 0.0833. The molecule has 70 valence electrons. The number of benzene rings is 1. The van der Waals surface area contributed by atoms with Gasteiger partial charge in [-0.15, -0.1) is 11.8 Å². The lowest BCUT2D eigenvalue weighted by Gasteiger charge is -2.00. The molecule has 0 aliphatic rings. The number of pyridine rings is 1. The third-order valence-electron chi connectivity index (χ3n) is 2.13. The minimum absolute atomic E-state index is 1.04. The Morgan fingerprint density at radius 2 is 2.14 bits per heavy atom. The molecule has 2 heteroatoms. The smallest absolute Gasteiger partial charge is 0.0964 e. The van der Waals surface area contributed by atoms with Crippen LogP contribution in [-0.4, -0.2) is 11.2 Å². The highest BCUT2D eigenvalue weighted by Crippen LogP contribution is 2.19. The molecule has 1 heterocycles. The monoisotopic (exact) mass is 201 g/mol. The summed E-state index contributed by atoms with van der Waals surface area (Å²) in [6.07, 6.45) is 3.88. The second-order valence-electron chi connectivity index (χ2n) is 3.01. The standard InChI is InChI=1S/C12H11NS/c1-3-9-4-6-11-10(8-9)5-7-12(13-11)14-2/h3-8H,1H2,2H3. The summed E-state index contributed by atoms with van der Waals surface area (Å²) in [5.41, 5.74) is 2.18. The molecule has 14 heavy (non-hydrogen) atoms. The van der Waals surface area contributed by atoms with Crippen LogP contribution in [0.4, 0.5) is 0 Å². The zero-order valence-corrected chi connectivity index (χ0v) is 8.84. The molecule has 0 unspecified atom stereocenters. The van der Waals surface area contributed by atoms with E-state index in [1.54, 1.807) is 11.8 Å². The van der Waals surface area contributed by atoms with E-state index in [9.17, 15) is 0 Å². The molecule has 0 saturated heterocycles. The SMILES string of the molecule is C=Cc1ccc2nc(SC)ccc2c1. The van der Waals surface area contributed by atoms with Gasteiger partial charge in [-0.3, -0.25) is 0 Å². The summed E-state index contributed by atoms with van der Waals surface area (Å²) in [7, 11) is 0. The normalized spacial score (nSPS) is 10.4. The topological polar surface area (TPSA) is 12.9 Å². The van der Waals surface area contributed by atoms with E-state index < -0.39 is 0 Å². The van der Waals surface area contributed by atoms with Gasteiger partial charge in [0.2, 0.25) is 0 Å².